The van der Waals surface area contributed by atoms with Gasteiger partial charge in [-0.25, -0.2) is 8.42 Å². The van der Waals surface area contributed by atoms with E-state index in [1.54, 1.807) is 30.3 Å². The standard InChI is InChI=1S/C20H21NO7S/c1-26-20(23)12-14-2-4-15(5-3-14)21-19(22)8-11-29(24,25)16-6-7-17-18(13-16)28-10-9-27-17/h2-7,13H,8-12H2,1H3,(H,21,22). The van der Waals surface area contributed by atoms with Crippen LogP contribution >= 0.6 is 0 Å². The third kappa shape index (κ3) is 5.47. The number of benzene rings is 2. The lowest BCUT2D eigenvalue weighted by atomic mass is 10.1. The zero-order valence-corrected chi connectivity index (χ0v) is 16.7. The number of ether oxygens (including phenoxy) is 3. The molecule has 0 aliphatic carbocycles. The van der Waals surface area contributed by atoms with Crippen molar-refractivity contribution in [1.82, 2.24) is 0 Å². The molecule has 2 aromatic rings. The Morgan fingerprint density at radius 2 is 1.72 bits per heavy atom. The second-order valence-electron chi connectivity index (χ2n) is 6.37. The van der Waals surface area contributed by atoms with Crippen molar-refractivity contribution in [2.45, 2.75) is 17.7 Å². The topological polar surface area (TPSA) is 108 Å². The van der Waals surface area contributed by atoms with Crippen LogP contribution in [0.15, 0.2) is 47.4 Å². The van der Waals surface area contributed by atoms with Crippen molar-refractivity contribution in [2.24, 2.45) is 0 Å². The van der Waals surface area contributed by atoms with Gasteiger partial charge in [0.25, 0.3) is 0 Å². The van der Waals surface area contributed by atoms with Gasteiger partial charge in [0.1, 0.15) is 13.2 Å². The highest BCUT2D eigenvalue weighted by Gasteiger charge is 2.20. The van der Waals surface area contributed by atoms with Crippen LogP contribution in [0.2, 0.25) is 0 Å². The SMILES string of the molecule is COC(=O)Cc1ccc(NC(=O)CCS(=O)(=O)c2ccc3c(c2)OCCO3)cc1. The minimum atomic E-state index is -3.65. The van der Waals surface area contributed by atoms with E-state index >= 15 is 0 Å². The van der Waals surface area contributed by atoms with Crippen molar-refractivity contribution in [3.63, 3.8) is 0 Å². The summed E-state index contributed by atoms with van der Waals surface area (Å²) < 4.78 is 40.4. The molecule has 1 amide bonds. The number of esters is 1. The minimum Gasteiger partial charge on any atom is -0.486 e. The van der Waals surface area contributed by atoms with Crippen molar-refractivity contribution in [1.29, 1.82) is 0 Å². The first-order chi connectivity index (χ1) is 13.9. The molecule has 1 heterocycles. The Labute approximate surface area is 168 Å². The van der Waals surface area contributed by atoms with E-state index in [2.05, 4.69) is 10.1 Å². The third-order valence-corrected chi connectivity index (χ3v) is 6.00. The van der Waals surface area contributed by atoms with Crippen molar-refractivity contribution < 1.29 is 32.2 Å². The van der Waals surface area contributed by atoms with Gasteiger partial charge in [0, 0.05) is 18.2 Å². The summed E-state index contributed by atoms with van der Waals surface area (Å²) in [7, 11) is -2.34. The van der Waals surface area contributed by atoms with Crippen molar-refractivity contribution >= 4 is 27.4 Å². The fourth-order valence-electron chi connectivity index (χ4n) is 2.73. The quantitative estimate of drug-likeness (QED) is 0.684. The molecule has 0 spiro atoms. The normalized spacial score (nSPS) is 12.9. The van der Waals surface area contributed by atoms with Gasteiger partial charge in [-0.3, -0.25) is 9.59 Å². The predicted octanol–water partition coefficient (Wildman–Crippen LogP) is 1.98. The van der Waals surface area contributed by atoms with Crippen LogP contribution in [0.5, 0.6) is 11.5 Å². The minimum absolute atomic E-state index is 0.0849. The lowest BCUT2D eigenvalue weighted by Gasteiger charge is -2.18. The van der Waals surface area contributed by atoms with Crippen molar-refractivity contribution in [3.8, 4) is 11.5 Å². The number of hydrogen-bond donors (Lipinski definition) is 1. The summed E-state index contributed by atoms with van der Waals surface area (Å²) in [6, 6.07) is 11.1. The number of sulfone groups is 1. The Hall–Kier alpha value is -3.07. The molecule has 0 radical (unpaired) electrons. The smallest absolute Gasteiger partial charge is 0.309 e. The summed E-state index contributed by atoms with van der Waals surface area (Å²) >= 11 is 0. The molecule has 154 valence electrons. The van der Waals surface area contributed by atoms with Crippen LogP contribution in [0, 0.1) is 0 Å². The molecule has 1 N–H and O–H groups in total. The summed E-state index contributed by atoms with van der Waals surface area (Å²) in [5.41, 5.74) is 1.26. The Balaban J connectivity index is 1.56. The highest BCUT2D eigenvalue weighted by atomic mass is 32.2. The van der Waals surface area contributed by atoms with Gasteiger partial charge in [-0.15, -0.1) is 0 Å². The average molecular weight is 419 g/mol. The second-order valence-corrected chi connectivity index (χ2v) is 8.48. The van der Waals surface area contributed by atoms with E-state index < -0.39 is 15.7 Å². The fourth-order valence-corrected chi connectivity index (χ4v) is 3.98. The number of methoxy groups -OCH3 is 1. The monoisotopic (exact) mass is 419 g/mol. The van der Waals surface area contributed by atoms with Gasteiger partial charge in [-0.2, -0.15) is 0 Å². The molecule has 0 saturated carbocycles. The maximum atomic E-state index is 12.5. The fraction of sp³-hybridized carbons (Fsp3) is 0.300. The van der Waals surface area contributed by atoms with E-state index in [9.17, 15) is 18.0 Å². The molecule has 0 fully saturated rings. The molecular formula is C20H21NO7S. The van der Waals surface area contributed by atoms with Gasteiger partial charge in [0.05, 0.1) is 24.2 Å². The van der Waals surface area contributed by atoms with Crippen LogP contribution in [0.1, 0.15) is 12.0 Å². The van der Waals surface area contributed by atoms with E-state index in [-0.39, 0.29) is 29.5 Å². The number of fused-ring (bicyclic) bond motifs is 1. The Morgan fingerprint density at radius 3 is 2.41 bits per heavy atom. The maximum Gasteiger partial charge on any atom is 0.309 e. The number of amides is 1. The molecule has 0 bridgehead atoms. The lowest BCUT2D eigenvalue weighted by Crippen LogP contribution is -2.18. The highest BCUT2D eigenvalue weighted by Crippen LogP contribution is 2.32. The molecule has 3 rings (SSSR count). The molecule has 8 nitrogen and oxygen atoms in total. The summed E-state index contributed by atoms with van der Waals surface area (Å²) in [5, 5.41) is 2.65. The summed E-state index contributed by atoms with van der Waals surface area (Å²) in [6.07, 6.45) is -0.0564. The van der Waals surface area contributed by atoms with Crippen LogP contribution in [-0.2, 0) is 30.6 Å². The number of anilines is 1. The van der Waals surface area contributed by atoms with Crippen LogP contribution in [-0.4, -0.2) is 46.4 Å². The number of rotatable bonds is 7. The molecule has 0 atom stereocenters. The average Bonchev–Trinajstić information content (AvgIpc) is 2.73. The van der Waals surface area contributed by atoms with E-state index in [0.29, 0.717) is 30.4 Å². The number of hydrogen-bond acceptors (Lipinski definition) is 7. The van der Waals surface area contributed by atoms with Crippen LogP contribution in [0.4, 0.5) is 5.69 Å². The second kappa shape index (κ2) is 8.95. The maximum absolute atomic E-state index is 12.5. The van der Waals surface area contributed by atoms with Crippen LogP contribution in [0.3, 0.4) is 0 Å². The molecule has 0 unspecified atom stereocenters. The summed E-state index contributed by atoms with van der Waals surface area (Å²) in [4.78, 5) is 23.5. The summed E-state index contributed by atoms with van der Waals surface area (Å²) in [6.45, 7) is 0.778. The number of nitrogens with one attached hydrogen (secondary N) is 1. The Bertz CT molecular complexity index is 1000. The third-order valence-electron chi connectivity index (χ3n) is 4.28. The molecule has 1 aliphatic rings. The van der Waals surface area contributed by atoms with Gasteiger partial charge < -0.3 is 19.5 Å². The van der Waals surface area contributed by atoms with Gasteiger partial charge >= 0.3 is 5.97 Å². The molecule has 1 aliphatic heterocycles. The van der Waals surface area contributed by atoms with Crippen LogP contribution < -0.4 is 14.8 Å². The first-order valence-electron chi connectivity index (χ1n) is 8.95. The lowest BCUT2D eigenvalue weighted by molar-refractivity contribution is -0.139. The zero-order valence-electron chi connectivity index (χ0n) is 15.8. The van der Waals surface area contributed by atoms with E-state index in [0.717, 1.165) is 5.56 Å². The largest absolute Gasteiger partial charge is 0.486 e. The highest BCUT2D eigenvalue weighted by molar-refractivity contribution is 7.91. The first-order valence-corrected chi connectivity index (χ1v) is 10.6. The summed E-state index contributed by atoms with van der Waals surface area (Å²) in [5.74, 6) is -0.228. The Kier molecular flexibility index (Phi) is 6.38. The Morgan fingerprint density at radius 1 is 1.03 bits per heavy atom. The first kappa shape index (κ1) is 20.7. The van der Waals surface area contributed by atoms with E-state index in [1.165, 1.54) is 19.2 Å². The predicted molar refractivity (Wildman–Crippen MR) is 105 cm³/mol. The van der Waals surface area contributed by atoms with Gasteiger partial charge in [0.2, 0.25) is 5.91 Å². The zero-order chi connectivity index (χ0) is 20.9. The molecule has 0 saturated heterocycles. The molecular weight excluding hydrogens is 398 g/mol. The number of carbonyl (C=O) groups excluding carboxylic acids is 2. The number of carbonyl (C=O) groups is 2. The molecule has 0 aromatic heterocycles. The van der Waals surface area contributed by atoms with Gasteiger partial charge in [-0.05, 0) is 29.8 Å². The molecule has 2 aromatic carbocycles. The van der Waals surface area contributed by atoms with E-state index in [1.807, 2.05) is 0 Å². The van der Waals surface area contributed by atoms with E-state index in [4.69, 9.17) is 9.47 Å². The van der Waals surface area contributed by atoms with Gasteiger partial charge in [-0.1, -0.05) is 12.1 Å². The molecule has 9 heteroatoms. The van der Waals surface area contributed by atoms with Gasteiger partial charge in [0.15, 0.2) is 21.3 Å². The van der Waals surface area contributed by atoms with Crippen molar-refractivity contribution in [2.75, 3.05) is 31.4 Å². The van der Waals surface area contributed by atoms with Crippen molar-refractivity contribution in [3.05, 3.63) is 48.0 Å². The van der Waals surface area contributed by atoms with Crippen LogP contribution in [0.25, 0.3) is 0 Å². The molecule has 29 heavy (non-hydrogen) atoms.